The van der Waals surface area contributed by atoms with Gasteiger partial charge in [-0.3, -0.25) is 20.7 Å². The molecule has 8 heteroatoms. The Morgan fingerprint density at radius 2 is 1.68 bits per heavy atom. The van der Waals surface area contributed by atoms with Crippen LogP contribution in [0.25, 0.3) is 0 Å². The van der Waals surface area contributed by atoms with E-state index in [0.29, 0.717) is 0 Å². The molecular weight excluding hydrogens is 410 g/mol. The molecule has 0 fully saturated rings. The number of nitrogens with two attached hydrogens (primary N) is 1. The number of fused-ring (bicyclic) bond motifs is 1. The molecule has 1 aliphatic carbocycles. The Labute approximate surface area is 185 Å². The summed E-state index contributed by atoms with van der Waals surface area (Å²) >= 11 is 4.85. The summed E-state index contributed by atoms with van der Waals surface area (Å²) in [5, 5.41) is 6.15. The van der Waals surface area contributed by atoms with Gasteiger partial charge in [-0.25, -0.2) is 0 Å². The summed E-state index contributed by atoms with van der Waals surface area (Å²) < 4.78 is 6.00. The molecule has 1 aromatic heterocycles. The highest BCUT2D eigenvalue weighted by molar-refractivity contribution is 7.80. The smallest absolute Gasteiger partial charge is 0.306 e. The number of para-hydroxylation sites is 2. The maximum atomic E-state index is 13.3. The van der Waals surface area contributed by atoms with Gasteiger partial charge in [0.25, 0.3) is 0 Å². The standard InChI is InChI=1S/C23H23N5O2S/c1-15-20-18(25-26-23(24)31)13-8-14-19(20)30-21(15)22(29)27-28(16-9-4-2-5-10-16)17-11-6-3-7-12-17/h2-7,9-12H,8,13-14H2,1H3,(H,27,29)(H3,24,26,31)/b25-18+. The Morgan fingerprint density at radius 3 is 2.26 bits per heavy atom. The van der Waals surface area contributed by atoms with Crippen molar-refractivity contribution in [1.82, 2.24) is 10.9 Å². The summed E-state index contributed by atoms with van der Waals surface area (Å²) in [6.07, 6.45) is 2.37. The van der Waals surface area contributed by atoms with Crippen molar-refractivity contribution in [2.45, 2.75) is 26.2 Å². The lowest BCUT2D eigenvalue weighted by molar-refractivity contribution is 0.0923. The number of aryl methyl sites for hydroxylation is 1. The number of hydrazine groups is 1. The first-order valence-electron chi connectivity index (χ1n) is 10.0. The summed E-state index contributed by atoms with van der Waals surface area (Å²) in [6, 6.07) is 19.3. The van der Waals surface area contributed by atoms with Crippen LogP contribution < -0.4 is 21.6 Å². The molecule has 1 amide bonds. The number of nitrogens with zero attached hydrogens (tertiary/aromatic N) is 2. The van der Waals surface area contributed by atoms with E-state index >= 15 is 0 Å². The van der Waals surface area contributed by atoms with Crippen LogP contribution in [0.5, 0.6) is 0 Å². The fourth-order valence-corrected chi connectivity index (χ4v) is 3.75. The van der Waals surface area contributed by atoms with E-state index in [2.05, 4.69) is 16.0 Å². The molecule has 0 saturated heterocycles. The van der Waals surface area contributed by atoms with Gasteiger partial charge in [0.1, 0.15) is 5.76 Å². The van der Waals surface area contributed by atoms with Crippen LogP contribution >= 0.6 is 12.2 Å². The lowest BCUT2D eigenvalue weighted by Gasteiger charge is -2.25. The number of carbonyl (C=O) groups excluding carboxylic acids is 1. The van der Waals surface area contributed by atoms with Crippen molar-refractivity contribution >= 4 is 40.3 Å². The van der Waals surface area contributed by atoms with Gasteiger partial charge in [-0.2, -0.15) is 5.10 Å². The highest BCUT2D eigenvalue weighted by atomic mass is 32.1. The first-order valence-corrected chi connectivity index (χ1v) is 10.4. The second-order valence-electron chi connectivity index (χ2n) is 7.19. The SMILES string of the molecule is Cc1c(C(=O)NN(c2ccccc2)c2ccccc2)oc2c1/C(=N/NC(N)=S)CCC2. The fraction of sp³-hybridized carbons (Fsp3) is 0.174. The number of nitrogens with one attached hydrogen (secondary N) is 2. The van der Waals surface area contributed by atoms with Crippen molar-refractivity contribution in [3.63, 3.8) is 0 Å². The molecule has 4 rings (SSSR count). The van der Waals surface area contributed by atoms with Gasteiger partial charge in [-0.15, -0.1) is 0 Å². The first kappa shape index (κ1) is 20.6. The minimum Gasteiger partial charge on any atom is -0.455 e. The Morgan fingerprint density at radius 1 is 1.06 bits per heavy atom. The van der Waals surface area contributed by atoms with Gasteiger partial charge in [-0.05, 0) is 56.2 Å². The van der Waals surface area contributed by atoms with Crippen molar-refractivity contribution in [2.24, 2.45) is 10.8 Å². The van der Waals surface area contributed by atoms with Gasteiger partial charge < -0.3 is 10.2 Å². The van der Waals surface area contributed by atoms with Gasteiger partial charge >= 0.3 is 5.91 Å². The molecule has 0 unspecified atom stereocenters. The third kappa shape index (κ3) is 4.44. The zero-order chi connectivity index (χ0) is 21.8. The van der Waals surface area contributed by atoms with Gasteiger partial charge in [0.15, 0.2) is 10.9 Å². The molecule has 7 nitrogen and oxygen atoms in total. The van der Waals surface area contributed by atoms with Gasteiger partial charge in [0, 0.05) is 17.5 Å². The molecule has 4 N–H and O–H groups in total. The molecule has 2 aromatic carbocycles. The molecule has 0 atom stereocenters. The maximum absolute atomic E-state index is 13.3. The molecule has 31 heavy (non-hydrogen) atoms. The Hall–Kier alpha value is -3.65. The molecule has 158 valence electrons. The van der Waals surface area contributed by atoms with E-state index in [4.69, 9.17) is 22.4 Å². The second-order valence-corrected chi connectivity index (χ2v) is 7.63. The number of hydrogen-bond donors (Lipinski definition) is 3. The average molecular weight is 434 g/mol. The predicted molar refractivity (Wildman–Crippen MR) is 125 cm³/mol. The van der Waals surface area contributed by atoms with Gasteiger partial charge in [-0.1, -0.05) is 36.4 Å². The average Bonchev–Trinajstić information content (AvgIpc) is 3.14. The molecule has 3 aromatic rings. The van der Waals surface area contributed by atoms with Crippen LogP contribution in [0.3, 0.4) is 0 Å². The van der Waals surface area contributed by atoms with Crippen molar-refractivity contribution in [2.75, 3.05) is 5.01 Å². The summed E-state index contributed by atoms with van der Waals surface area (Å²) in [7, 11) is 0. The fourth-order valence-electron chi connectivity index (χ4n) is 3.70. The number of benzene rings is 2. The number of hydrogen-bond acceptors (Lipinski definition) is 5. The summed E-state index contributed by atoms with van der Waals surface area (Å²) in [5.74, 6) is 0.691. The zero-order valence-electron chi connectivity index (χ0n) is 17.1. The summed E-state index contributed by atoms with van der Waals surface area (Å²) in [6.45, 7) is 1.87. The van der Waals surface area contributed by atoms with Crippen LogP contribution in [0.15, 0.2) is 70.2 Å². The number of carbonyl (C=O) groups is 1. The van der Waals surface area contributed by atoms with E-state index in [1.54, 1.807) is 5.01 Å². The van der Waals surface area contributed by atoms with Crippen LogP contribution in [0.4, 0.5) is 11.4 Å². The van der Waals surface area contributed by atoms with Crippen molar-refractivity contribution < 1.29 is 9.21 Å². The Kier molecular flexibility index (Phi) is 5.99. The number of hydrazone groups is 1. The van der Waals surface area contributed by atoms with Crippen molar-refractivity contribution in [1.29, 1.82) is 0 Å². The molecule has 1 heterocycles. The molecule has 0 bridgehead atoms. The number of anilines is 2. The quantitative estimate of drug-likeness (QED) is 0.417. The third-order valence-electron chi connectivity index (χ3n) is 5.08. The predicted octanol–water partition coefficient (Wildman–Crippen LogP) is 3.94. The lowest BCUT2D eigenvalue weighted by Crippen LogP contribution is -2.39. The van der Waals surface area contributed by atoms with E-state index in [1.165, 1.54) is 0 Å². The lowest BCUT2D eigenvalue weighted by atomic mass is 9.93. The van der Waals surface area contributed by atoms with E-state index in [0.717, 1.165) is 53.2 Å². The van der Waals surface area contributed by atoms with E-state index in [1.807, 2.05) is 67.6 Å². The minimum absolute atomic E-state index is 0.0973. The number of furan rings is 1. The Balaban J connectivity index is 1.66. The molecule has 1 aliphatic rings. The monoisotopic (exact) mass is 433 g/mol. The van der Waals surface area contributed by atoms with Gasteiger partial charge in [0.2, 0.25) is 0 Å². The van der Waals surface area contributed by atoms with Crippen LogP contribution in [0, 0.1) is 6.92 Å². The molecule has 0 aliphatic heterocycles. The maximum Gasteiger partial charge on any atom is 0.306 e. The molecule has 0 saturated carbocycles. The highest BCUT2D eigenvalue weighted by Gasteiger charge is 2.29. The molecular formula is C23H23N5O2S. The second kappa shape index (κ2) is 9.01. The minimum atomic E-state index is -0.332. The topological polar surface area (TPSA) is 95.9 Å². The Bertz CT molecular complexity index is 1090. The van der Waals surface area contributed by atoms with Crippen LogP contribution in [0.2, 0.25) is 0 Å². The zero-order valence-corrected chi connectivity index (χ0v) is 17.9. The van der Waals surface area contributed by atoms with Crippen LogP contribution in [-0.2, 0) is 6.42 Å². The van der Waals surface area contributed by atoms with Gasteiger partial charge in [0.05, 0.1) is 17.1 Å². The largest absolute Gasteiger partial charge is 0.455 e. The highest BCUT2D eigenvalue weighted by Crippen LogP contribution is 2.30. The van der Waals surface area contributed by atoms with Crippen LogP contribution in [-0.4, -0.2) is 16.7 Å². The van der Waals surface area contributed by atoms with E-state index in [9.17, 15) is 4.79 Å². The normalized spacial score (nSPS) is 14.0. The van der Waals surface area contributed by atoms with Crippen molar-refractivity contribution in [3.8, 4) is 0 Å². The summed E-state index contributed by atoms with van der Waals surface area (Å²) in [5.41, 5.74) is 15.2. The number of rotatable bonds is 5. The third-order valence-corrected chi connectivity index (χ3v) is 5.17. The summed E-state index contributed by atoms with van der Waals surface area (Å²) in [4.78, 5) is 13.3. The van der Waals surface area contributed by atoms with Crippen molar-refractivity contribution in [3.05, 3.63) is 83.3 Å². The number of thiocarbonyl (C=S) groups is 1. The number of amides is 1. The first-order chi connectivity index (χ1) is 15.0. The molecule has 0 spiro atoms. The van der Waals surface area contributed by atoms with E-state index in [-0.39, 0.29) is 16.8 Å². The van der Waals surface area contributed by atoms with Crippen LogP contribution in [0.1, 0.15) is 40.3 Å². The van der Waals surface area contributed by atoms with E-state index < -0.39 is 0 Å². The molecule has 0 radical (unpaired) electrons.